The monoisotopic (exact) mass is 177 g/mol. The highest BCUT2D eigenvalue weighted by atomic mass is 16.1. The Kier molecular flexibility index (Phi) is 1.84. The maximum atomic E-state index is 11.0. The van der Waals surface area contributed by atoms with E-state index in [1.54, 1.807) is 6.20 Å². The van der Waals surface area contributed by atoms with Crippen LogP contribution in [-0.2, 0) is 13.1 Å². The van der Waals surface area contributed by atoms with Crippen LogP contribution >= 0.6 is 0 Å². The van der Waals surface area contributed by atoms with Crippen molar-refractivity contribution in [2.24, 2.45) is 0 Å². The summed E-state index contributed by atoms with van der Waals surface area (Å²) >= 11 is 0. The van der Waals surface area contributed by atoms with Gasteiger partial charge in [0, 0.05) is 31.8 Å². The third-order valence-corrected chi connectivity index (χ3v) is 2.13. The standard InChI is InChI=1S/C9H11N3O/c1-6(13)9-10-3-7-4-12(2)5-8(7)11-9/h3H,4-5H2,1-2H3. The zero-order chi connectivity index (χ0) is 9.42. The first-order valence-corrected chi connectivity index (χ1v) is 4.21. The quantitative estimate of drug-likeness (QED) is 0.590. The third kappa shape index (κ3) is 1.45. The van der Waals surface area contributed by atoms with Gasteiger partial charge in [-0.15, -0.1) is 0 Å². The first-order chi connectivity index (χ1) is 6.16. The van der Waals surface area contributed by atoms with Gasteiger partial charge in [-0.2, -0.15) is 0 Å². The second-order valence-electron chi connectivity index (χ2n) is 3.39. The fourth-order valence-corrected chi connectivity index (χ4v) is 1.48. The van der Waals surface area contributed by atoms with E-state index in [0.717, 1.165) is 24.3 Å². The van der Waals surface area contributed by atoms with Crippen molar-refractivity contribution in [2.45, 2.75) is 20.0 Å². The molecule has 1 aromatic rings. The molecule has 0 amide bonds. The van der Waals surface area contributed by atoms with Gasteiger partial charge in [-0.3, -0.25) is 9.69 Å². The number of rotatable bonds is 1. The molecule has 0 bridgehead atoms. The first-order valence-electron chi connectivity index (χ1n) is 4.21. The lowest BCUT2D eigenvalue weighted by molar-refractivity contribution is 0.100. The van der Waals surface area contributed by atoms with Gasteiger partial charge in [0.05, 0.1) is 5.69 Å². The molecule has 13 heavy (non-hydrogen) atoms. The van der Waals surface area contributed by atoms with Crippen LogP contribution in [0.1, 0.15) is 28.8 Å². The van der Waals surface area contributed by atoms with Crippen LogP contribution in [0.25, 0.3) is 0 Å². The van der Waals surface area contributed by atoms with Crippen LogP contribution in [0.15, 0.2) is 6.20 Å². The minimum Gasteiger partial charge on any atom is -0.296 e. The zero-order valence-corrected chi connectivity index (χ0v) is 7.74. The minimum absolute atomic E-state index is 0.0719. The molecule has 0 unspecified atom stereocenters. The summed E-state index contributed by atoms with van der Waals surface area (Å²) in [7, 11) is 2.02. The second kappa shape index (κ2) is 2.88. The third-order valence-electron chi connectivity index (χ3n) is 2.13. The molecule has 1 aliphatic rings. The van der Waals surface area contributed by atoms with Crippen LogP contribution in [0.2, 0.25) is 0 Å². The number of hydrogen-bond donors (Lipinski definition) is 0. The fourth-order valence-electron chi connectivity index (χ4n) is 1.48. The number of aromatic nitrogens is 2. The van der Waals surface area contributed by atoms with E-state index < -0.39 is 0 Å². The summed E-state index contributed by atoms with van der Waals surface area (Å²) in [5.41, 5.74) is 2.12. The van der Waals surface area contributed by atoms with E-state index >= 15 is 0 Å². The van der Waals surface area contributed by atoms with E-state index in [1.807, 2.05) is 7.05 Å². The highest BCUT2D eigenvalue weighted by Gasteiger charge is 2.18. The predicted molar refractivity (Wildman–Crippen MR) is 47.2 cm³/mol. The number of hydrogen-bond acceptors (Lipinski definition) is 4. The van der Waals surface area contributed by atoms with Crippen molar-refractivity contribution < 1.29 is 4.79 Å². The highest BCUT2D eigenvalue weighted by Crippen LogP contribution is 2.17. The molecule has 0 aromatic carbocycles. The highest BCUT2D eigenvalue weighted by molar-refractivity contribution is 5.90. The molecule has 2 heterocycles. The van der Waals surface area contributed by atoms with Crippen LogP contribution in [0.4, 0.5) is 0 Å². The van der Waals surface area contributed by atoms with Gasteiger partial charge in [0.1, 0.15) is 0 Å². The van der Waals surface area contributed by atoms with Crippen molar-refractivity contribution in [3.05, 3.63) is 23.3 Å². The van der Waals surface area contributed by atoms with Gasteiger partial charge in [0.25, 0.3) is 0 Å². The molecule has 0 saturated carbocycles. The molecule has 4 nitrogen and oxygen atoms in total. The van der Waals surface area contributed by atoms with Crippen molar-refractivity contribution in [1.29, 1.82) is 0 Å². The summed E-state index contributed by atoms with van der Waals surface area (Å²) in [4.78, 5) is 21.3. The number of nitrogens with zero attached hydrogens (tertiary/aromatic N) is 3. The summed E-state index contributed by atoms with van der Waals surface area (Å²) in [6, 6.07) is 0. The first kappa shape index (κ1) is 8.31. The minimum atomic E-state index is -0.0719. The molecular weight excluding hydrogens is 166 g/mol. The maximum absolute atomic E-state index is 11.0. The predicted octanol–water partition coefficient (Wildman–Crippen LogP) is 0.625. The number of ketones is 1. The summed E-state index contributed by atoms with van der Waals surface area (Å²) in [5.74, 6) is 0.256. The molecule has 0 fully saturated rings. The van der Waals surface area contributed by atoms with Crippen LogP contribution in [0, 0.1) is 0 Å². The summed E-state index contributed by atoms with van der Waals surface area (Å²) in [6.45, 7) is 3.19. The normalized spacial score (nSPS) is 15.8. The topological polar surface area (TPSA) is 46.1 Å². The van der Waals surface area contributed by atoms with Crippen LogP contribution in [-0.4, -0.2) is 27.7 Å². The van der Waals surface area contributed by atoms with Gasteiger partial charge in [-0.1, -0.05) is 0 Å². The Bertz CT molecular complexity index is 362. The largest absolute Gasteiger partial charge is 0.296 e. The van der Waals surface area contributed by atoms with Gasteiger partial charge < -0.3 is 0 Å². The maximum Gasteiger partial charge on any atom is 0.196 e. The van der Waals surface area contributed by atoms with E-state index in [1.165, 1.54) is 6.92 Å². The van der Waals surface area contributed by atoms with Crippen molar-refractivity contribution >= 4 is 5.78 Å². The smallest absolute Gasteiger partial charge is 0.196 e. The zero-order valence-electron chi connectivity index (χ0n) is 7.74. The molecule has 0 radical (unpaired) electrons. The Balaban J connectivity index is 2.40. The molecule has 1 aromatic heterocycles. The summed E-state index contributed by atoms with van der Waals surface area (Å²) in [5, 5.41) is 0. The van der Waals surface area contributed by atoms with Crippen molar-refractivity contribution in [3.63, 3.8) is 0 Å². The Morgan fingerprint density at radius 2 is 2.31 bits per heavy atom. The van der Waals surface area contributed by atoms with Crippen LogP contribution in [0.3, 0.4) is 0 Å². The van der Waals surface area contributed by atoms with Gasteiger partial charge in [-0.05, 0) is 7.05 Å². The number of carbonyl (C=O) groups is 1. The lowest BCUT2D eigenvalue weighted by atomic mass is 10.2. The summed E-state index contributed by atoms with van der Waals surface area (Å²) < 4.78 is 0. The van der Waals surface area contributed by atoms with Gasteiger partial charge in [0.15, 0.2) is 11.6 Å². The average Bonchev–Trinajstić information content (AvgIpc) is 2.42. The van der Waals surface area contributed by atoms with E-state index in [-0.39, 0.29) is 5.78 Å². The van der Waals surface area contributed by atoms with Crippen molar-refractivity contribution in [1.82, 2.24) is 14.9 Å². The molecule has 0 atom stereocenters. The van der Waals surface area contributed by atoms with Gasteiger partial charge in [0.2, 0.25) is 0 Å². The Hall–Kier alpha value is -1.29. The Morgan fingerprint density at radius 3 is 3.00 bits per heavy atom. The molecule has 2 rings (SSSR count). The molecular formula is C9H11N3O. The lowest BCUT2D eigenvalue weighted by Gasteiger charge is -2.01. The Morgan fingerprint density at radius 1 is 1.54 bits per heavy atom. The van der Waals surface area contributed by atoms with Crippen molar-refractivity contribution in [2.75, 3.05) is 7.05 Å². The molecule has 68 valence electrons. The number of carbonyl (C=O) groups excluding carboxylic acids is 1. The molecule has 1 aliphatic heterocycles. The second-order valence-corrected chi connectivity index (χ2v) is 3.39. The average molecular weight is 177 g/mol. The molecule has 0 N–H and O–H groups in total. The number of fused-ring (bicyclic) bond motifs is 1. The SMILES string of the molecule is CC(=O)c1ncc2c(n1)CN(C)C2. The van der Waals surface area contributed by atoms with Gasteiger partial charge >= 0.3 is 0 Å². The van der Waals surface area contributed by atoms with E-state index in [2.05, 4.69) is 14.9 Å². The molecule has 0 spiro atoms. The van der Waals surface area contributed by atoms with Gasteiger partial charge in [-0.25, -0.2) is 9.97 Å². The van der Waals surface area contributed by atoms with Crippen molar-refractivity contribution in [3.8, 4) is 0 Å². The van der Waals surface area contributed by atoms with Crippen LogP contribution < -0.4 is 0 Å². The Labute approximate surface area is 76.6 Å². The van der Waals surface area contributed by atoms with E-state index in [9.17, 15) is 4.79 Å². The fraction of sp³-hybridized carbons (Fsp3) is 0.444. The molecule has 0 saturated heterocycles. The molecule has 4 heteroatoms. The molecule has 0 aliphatic carbocycles. The lowest BCUT2D eigenvalue weighted by Crippen LogP contribution is -2.08. The van der Waals surface area contributed by atoms with E-state index in [0.29, 0.717) is 5.82 Å². The van der Waals surface area contributed by atoms with Crippen LogP contribution in [0.5, 0.6) is 0 Å². The van der Waals surface area contributed by atoms with E-state index in [4.69, 9.17) is 0 Å². The number of Topliss-reactive ketones (excluding diaryl/α,β-unsaturated/α-hetero) is 1. The summed E-state index contributed by atoms with van der Waals surface area (Å²) in [6.07, 6.45) is 1.75.